The Labute approximate surface area is 159 Å². The van der Waals surface area contributed by atoms with E-state index in [2.05, 4.69) is 54.6 Å². The summed E-state index contributed by atoms with van der Waals surface area (Å²) in [5, 5.41) is 1.18. The highest BCUT2D eigenvalue weighted by Crippen LogP contribution is 2.26. The molecule has 2 N–H and O–H groups in total. The molecule has 0 saturated carbocycles. The Hall–Kier alpha value is -2.85. The molecule has 1 aromatic heterocycles. The van der Waals surface area contributed by atoms with E-state index in [4.69, 9.17) is 5.73 Å². The van der Waals surface area contributed by atoms with Gasteiger partial charge in [-0.25, -0.2) is 0 Å². The molecule has 4 nitrogen and oxygen atoms in total. The Bertz CT molecular complexity index is 1020. The van der Waals surface area contributed by atoms with Crippen molar-refractivity contribution in [2.75, 3.05) is 7.05 Å². The number of fused-ring (bicyclic) bond motifs is 2. The molecule has 1 aliphatic rings. The second-order valence-corrected chi connectivity index (χ2v) is 7.37. The molecule has 4 heteroatoms. The average Bonchev–Trinajstić information content (AvgIpc) is 2.99. The van der Waals surface area contributed by atoms with Gasteiger partial charge in [0.1, 0.15) is 6.54 Å². The Kier molecular flexibility index (Phi) is 4.82. The summed E-state index contributed by atoms with van der Waals surface area (Å²) in [5.74, 6) is -0.321. The topological polar surface area (TPSA) is 51.3 Å². The highest BCUT2D eigenvalue weighted by molar-refractivity contribution is 5.85. The Morgan fingerprint density at radius 3 is 2.78 bits per heavy atom. The van der Waals surface area contributed by atoms with Gasteiger partial charge in [0.2, 0.25) is 5.91 Å². The summed E-state index contributed by atoms with van der Waals surface area (Å²) in [5.41, 5.74) is 11.9. The molecule has 4 rings (SSSR count). The van der Waals surface area contributed by atoms with Crippen LogP contribution < -0.4 is 5.73 Å². The van der Waals surface area contributed by atoms with Crippen molar-refractivity contribution < 1.29 is 4.79 Å². The first kappa shape index (κ1) is 17.6. The number of benzene rings is 2. The first-order valence-electron chi connectivity index (χ1n) is 9.43. The summed E-state index contributed by atoms with van der Waals surface area (Å²) in [4.78, 5) is 13.7. The number of rotatable bonds is 6. The van der Waals surface area contributed by atoms with Gasteiger partial charge >= 0.3 is 0 Å². The zero-order valence-corrected chi connectivity index (χ0v) is 15.7. The lowest BCUT2D eigenvalue weighted by Crippen LogP contribution is -2.19. The van der Waals surface area contributed by atoms with Gasteiger partial charge in [0.15, 0.2) is 0 Å². The van der Waals surface area contributed by atoms with Crippen molar-refractivity contribution in [1.29, 1.82) is 0 Å². The van der Waals surface area contributed by atoms with E-state index in [1.165, 1.54) is 27.6 Å². The molecule has 3 aromatic rings. The fourth-order valence-electron chi connectivity index (χ4n) is 4.06. The maximum atomic E-state index is 11.4. The molecule has 0 spiro atoms. The van der Waals surface area contributed by atoms with Crippen molar-refractivity contribution in [2.45, 2.75) is 32.5 Å². The fraction of sp³-hybridized carbons (Fsp3) is 0.261. The number of aryl methyl sites for hydroxylation is 1. The van der Waals surface area contributed by atoms with Gasteiger partial charge in [-0.05, 0) is 48.2 Å². The van der Waals surface area contributed by atoms with Crippen LogP contribution in [0.1, 0.15) is 28.7 Å². The fourth-order valence-corrected chi connectivity index (χ4v) is 4.06. The van der Waals surface area contributed by atoms with Crippen LogP contribution in [0.4, 0.5) is 0 Å². The molecule has 0 fully saturated rings. The van der Waals surface area contributed by atoms with E-state index in [0.29, 0.717) is 0 Å². The molecule has 0 radical (unpaired) electrons. The molecule has 138 valence electrons. The Morgan fingerprint density at radius 1 is 1.11 bits per heavy atom. The van der Waals surface area contributed by atoms with Gasteiger partial charge in [0.25, 0.3) is 0 Å². The largest absolute Gasteiger partial charge is 0.368 e. The lowest BCUT2D eigenvalue weighted by Gasteiger charge is -2.20. The highest BCUT2D eigenvalue weighted by atomic mass is 16.1. The first-order valence-corrected chi connectivity index (χ1v) is 9.43. The van der Waals surface area contributed by atoms with E-state index in [9.17, 15) is 4.79 Å². The third-order valence-corrected chi connectivity index (χ3v) is 5.23. The third-order valence-electron chi connectivity index (χ3n) is 5.23. The number of hydrogen-bond donors (Lipinski definition) is 1. The smallest absolute Gasteiger partial charge is 0.237 e. The van der Waals surface area contributed by atoms with E-state index >= 15 is 0 Å². The summed E-state index contributed by atoms with van der Waals surface area (Å²) in [7, 11) is 2.14. The molecule has 2 aromatic carbocycles. The zero-order chi connectivity index (χ0) is 18.8. The van der Waals surface area contributed by atoms with Crippen molar-refractivity contribution in [3.05, 3.63) is 77.0 Å². The number of amides is 1. The SMILES string of the molecule is CN(Cc1cccc2c1C=CCC2)Cc1cn(CC(N)=O)c2ccccc12. The van der Waals surface area contributed by atoms with Crippen molar-refractivity contribution in [2.24, 2.45) is 5.73 Å². The van der Waals surface area contributed by atoms with Crippen LogP contribution in [0.3, 0.4) is 0 Å². The van der Waals surface area contributed by atoms with Gasteiger partial charge in [-0.3, -0.25) is 9.69 Å². The first-order chi connectivity index (χ1) is 13.1. The van der Waals surface area contributed by atoms with Gasteiger partial charge in [-0.1, -0.05) is 48.6 Å². The van der Waals surface area contributed by atoms with Crippen LogP contribution in [0, 0.1) is 0 Å². The minimum Gasteiger partial charge on any atom is -0.368 e. The van der Waals surface area contributed by atoms with E-state index < -0.39 is 0 Å². The molecule has 0 unspecified atom stereocenters. The van der Waals surface area contributed by atoms with Gasteiger partial charge in [-0.15, -0.1) is 0 Å². The van der Waals surface area contributed by atoms with Gasteiger partial charge in [-0.2, -0.15) is 0 Å². The number of carbonyl (C=O) groups excluding carboxylic acids is 1. The normalized spacial score (nSPS) is 13.3. The summed E-state index contributed by atoms with van der Waals surface area (Å²) < 4.78 is 1.95. The quantitative estimate of drug-likeness (QED) is 0.729. The number of para-hydroxylation sites is 1. The average molecular weight is 359 g/mol. The van der Waals surface area contributed by atoms with E-state index in [1.807, 2.05) is 22.8 Å². The van der Waals surface area contributed by atoms with Crippen LogP contribution in [0.2, 0.25) is 0 Å². The van der Waals surface area contributed by atoms with Crippen LogP contribution in [-0.4, -0.2) is 22.4 Å². The molecular weight excluding hydrogens is 334 g/mol. The number of allylic oxidation sites excluding steroid dienone is 1. The molecule has 0 aliphatic heterocycles. The van der Waals surface area contributed by atoms with E-state index in [1.54, 1.807) is 0 Å². The van der Waals surface area contributed by atoms with Crippen molar-refractivity contribution in [1.82, 2.24) is 9.47 Å². The second-order valence-electron chi connectivity index (χ2n) is 7.37. The number of carbonyl (C=O) groups is 1. The lowest BCUT2D eigenvalue weighted by atomic mass is 9.93. The number of aromatic nitrogens is 1. The summed E-state index contributed by atoms with van der Waals surface area (Å²) in [6, 6.07) is 14.8. The molecule has 1 amide bonds. The van der Waals surface area contributed by atoms with Crippen LogP contribution >= 0.6 is 0 Å². The monoisotopic (exact) mass is 359 g/mol. The van der Waals surface area contributed by atoms with Gasteiger partial charge < -0.3 is 10.3 Å². The Balaban J connectivity index is 1.58. The molecule has 1 heterocycles. The maximum absolute atomic E-state index is 11.4. The van der Waals surface area contributed by atoms with E-state index in [-0.39, 0.29) is 12.5 Å². The molecule has 27 heavy (non-hydrogen) atoms. The highest BCUT2D eigenvalue weighted by Gasteiger charge is 2.14. The van der Waals surface area contributed by atoms with Crippen molar-refractivity contribution in [3.8, 4) is 0 Å². The van der Waals surface area contributed by atoms with Crippen LogP contribution in [0.25, 0.3) is 17.0 Å². The number of nitrogens with two attached hydrogens (primary N) is 1. The van der Waals surface area contributed by atoms with Crippen LogP contribution in [-0.2, 0) is 30.8 Å². The molecule has 0 saturated heterocycles. The summed E-state index contributed by atoms with van der Waals surface area (Å²) in [6.45, 7) is 1.92. The van der Waals surface area contributed by atoms with Crippen molar-refractivity contribution >= 4 is 22.9 Å². The number of hydrogen-bond acceptors (Lipinski definition) is 2. The standard InChI is InChI=1S/C23H25N3O/c1-25(13-18-9-6-8-17-7-2-3-10-20(17)18)14-19-15-26(16-23(24)27)22-12-5-4-11-21(19)22/h3-6,8-12,15H,2,7,13-14,16H2,1H3,(H2,24,27). The van der Waals surface area contributed by atoms with Crippen molar-refractivity contribution in [3.63, 3.8) is 0 Å². The van der Waals surface area contributed by atoms with E-state index in [0.717, 1.165) is 31.4 Å². The minimum absolute atomic E-state index is 0.210. The predicted molar refractivity (Wildman–Crippen MR) is 110 cm³/mol. The van der Waals surface area contributed by atoms with Crippen LogP contribution in [0.15, 0.2) is 54.7 Å². The van der Waals surface area contributed by atoms with Gasteiger partial charge in [0.05, 0.1) is 0 Å². The molecule has 0 atom stereocenters. The van der Waals surface area contributed by atoms with Crippen LogP contribution in [0.5, 0.6) is 0 Å². The zero-order valence-electron chi connectivity index (χ0n) is 15.7. The number of nitrogens with zero attached hydrogens (tertiary/aromatic N) is 2. The second kappa shape index (κ2) is 7.41. The van der Waals surface area contributed by atoms with Gasteiger partial charge in [0, 0.05) is 30.2 Å². The number of primary amides is 1. The maximum Gasteiger partial charge on any atom is 0.237 e. The predicted octanol–water partition coefficient (Wildman–Crippen LogP) is 3.72. The molecule has 0 bridgehead atoms. The molecular formula is C23H25N3O. The lowest BCUT2D eigenvalue weighted by molar-refractivity contribution is -0.118. The molecule has 1 aliphatic carbocycles. The summed E-state index contributed by atoms with van der Waals surface area (Å²) >= 11 is 0. The summed E-state index contributed by atoms with van der Waals surface area (Å²) in [6.07, 6.45) is 8.85. The minimum atomic E-state index is -0.321. The Morgan fingerprint density at radius 2 is 1.93 bits per heavy atom. The third kappa shape index (κ3) is 3.67.